The van der Waals surface area contributed by atoms with Crippen LogP contribution in [0.15, 0.2) is 39.8 Å². The minimum absolute atomic E-state index is 0.0301. The Bertz CT molecular complexity index is 541. The van der Waals surface area contributed by atoms with Gasteiger partial charge in [0.1, 0.15) is 5.69 Å². The highest BCUT2D eigenvalue weighted by Crippen LogP contribution is 2.22. The van der Waals surface area contributed by atoms with Crippen LogP contribution in [-0.2, 0) is 7.05 Å². The van der Waals surface area contributed by atoms with Crippen molar-refractivity contribution in [1.29, 1.82) is 0 Å². The summed E-state index contributed by atoms with van der Waals surface area (Å²) in [6.45, 7) is 0. The lowest BCUT2D eigenvalue weighted by atomic mass is 10.3. The van der Waals surface area contributed by atoms with Gasteiger partial charge in [0.2, 0.25) is 0 Å². The fourth-order valence-electron chi connectivity index (χ4n) is 1.32. The molecule has 88 valence electrons. The predicted octanol–water partition coefficient (Wildman–Crippen LogP) is 2.55. The molecule has 1 heterocycles. The molecule has 2 rings (SSSR count). The summed E-state index contributed by atoms with van der Waals surface area (Å²) in [6.07, 6.45) is 1.49. The second kappa shape index (κ2) is 5.46. The van der Waals surface area contributed by atoms with Gasteiger partial charge in [-0.25, -0.2) is 4.68 Å². The maximum atomic E-state index is 11.9. The Morgan fingerprint density at radius 1 is 1.53 bits per heavy atom. The molecule has 0 unspecified atom stereocenters. The number of carbonyl (C=O) groups excluding carboxylic acids is 1. The number of hydrogen-bond donors (Lipinski definition) is 0. The first-order valence-electron chi connectivity index (χ1n) is 4.93. The number of Topliss-reactive ketones (excluding diaryl/α,β-unsaturated/α-hetero) is 1. The van der Waals surface area contributed by atoms with E-state index in [1.54, 1.807) is 7.05 Å². The lowest BCUT2D eigenvalue weighted by molar-refractivity contribution is 0.101. The molecule has 0 atom stereocenters. The van der Waals surface area contributed by atoms with Crippen molar-refractivity contribution in [3.8, 4) is 0 Å². The summed E-state index contributed by atoms with van der Waals surface area (Å²) < 4.78 is 2.50. The van der Waals surface area contributed by atoms with Crippen LogP contribution in [0.5, 0.6) is 0 Å². The van der Waals surface area contributed by atoms with Crippen LogP contribution >= 0.6 is 27.7 Å². The molecule has 0 bridgehead atoms. The number of aromatic nitrogens is 3. The average molecular weight is 312 g/mol. The molecule has 4 nitrogen and oxygen atoms in total. The van der Waals surface area contributed by atoms with E-state index in [4.69, 9.17) is 0 Å². The number of hydrogen-bond acceptors (Lipinski definition) is 4. The number of ketones is 1. The van der Waals surface area contributed by atoms with Gasteiger partial charge in [-0.2, -0.15) is 0 Å². The van der Waals surface area contributed by atoms with E-state index < -0.39 is 0 Å². The summed E-state index contributed by atoms with van der Waals surface area (Å²) in [5, 5.41) is 7.42. The standard InChI is InChI=1S/C11H10BrN3OS/c1-15-10(6-13-14-15)11(16)7-17-9-4-2-3-8(12)5-9/h2-6H,7H2,1H3. The zero-order valence-electron chi connectivity index (χ0n) is 9.13. The van der Waals surface area contributed by atoms with E-state index >= 15 is 0 Å². The molecule has 0 aliphatic rings. The van der Waals surface area contributed by atoms with Gasteiger partial charge in [0.25, 0.3) is 0 Å². The Morgan fingerprint density at radius 2 is 2.35 bits per heavy atom. The van der Waals surface area contributed by atoms with Crippen molar-refractivity contribution in [2.24, 2.45) is 7.05 Å². The Morgan fingerprint density at radius 3 is 3.00 bits per heavy atom. The summed E-state index contributed by atoms with van der Waals surface area (Å²) in [6, 6.07) is 7.86. The minimum atomic E-state index is 0.0301. The fraction of sp³-hybridized carbons (Fsp3) is 0.182. The molecule has 17 heavy (non-hydrogen) atoms. The zero-order valence-corrected chi connectivity index (χ0v) is 11.5. The Kier molecular flexibility index (Phi) is 3.96. The minimum Gasteiger partial charge on any atom is -0.291 e. The van der Waals surface area contributed by atoms with E-state index in [2.05, 4.69) is 26.2 Å². The number of nitrogens with zero attached hydrogens (tertiary/aromatic N) is 3. The van der Waals surface area contributed by atoms with Crippen molar-refractivity contribution in [2.75, 3.05) is 5.75 Å². The second-order valence-corrected chi connectivity index (χ2v) is 5.38. The fourth-order valence-corrected chi connectivity index (χ4v) is 2.70. The van der Waals surface area contributed by atoms with Gasteiger partial charge >= 0.3 is 0 Å². The first-order valence-corrected chi connectivity index (χ1v) is 6.71. The molecule has 2 aromatic rings. The molecule has 0 spiro atoms. The van der Waals surface area contributed by atoms with E-state index in [0.29, 0.717) is 11.4 Å². The molecule has 0 radical (unpaired) electrons. The third kappa shape index (κ3) is 3.17. The lowest BCUT2D eigenvalue weighted by Crippen LogP contribution is -2.08. The van der Waals surface area contributed by atoms with Crippen molar-refractivity contribution < 1.29 is 4.79 Å². The molecule has 1 aromatic carbocycles. The third-order valence-electron chi connectivity index (χ3n) is 2.17. The van der Waals surface area contributed by atoms with Crippen LogP contribution in [0.2, 0.25) is 0 Å². The first kappa shape index (κ1) is 12.3. The SMILES string of the molecule is Cn1nncc1C(=O)CSc1cccc(Br)c1. The van der Waals surface area contributed by atoms with Gasteiger partial charge < -0.3 is 0 Å². The quantitative estimate of drug-likeness (QED) is 0.643. The van der Waals surface area contributed by atoms with Crippen LogP contribution in [0.1, 0.15) is 10.5 Å². The first-order chi connectivity index (χ1) is 8.16. The number of carbonyl (C=O) groups is 1. The maximum Gasteiger partial charge on any atom is 0.192 e. The highest BCUT2D eigenvalue weighted by molar-refractivity contribution is 9.10. The number of thioether (sulfide) groups is 1. The smallest absolute Gasteiger partial charge is 0.192 e. The molecule has 0 aliphatic carbocycles. The molecule has 0 N–H and O–H groups in total. The zero-order chi connectivity index (χ0) is 12.3. The molecular weight excluding hydrogens is 302 g/mol. The van der Waals surface area contributed by atoms with Crippen LogP contribution in [0.3, 0.4) is 0 Å². The molecular formula is C11H10BrN3OS. The molecule has 1 aromatic heterocycles. The van der Waals surface area contributed by atoms with Crippen LogP contribution in [-0.4, -0.2) is 26.5 Å². The van der Waals surface area contributed by atoms with E-state index in [1.807, 2.05) is 24.3 Å². The van der Waals surface area contributed by atoms with Gasteiger partial charge in [-0.15, -0.1) is 16.9 Å². The van der Waals surface area contributed by atoms with E-state index in [1.165, 1.54) is 22.6 Å². The van der Waals surface area contributed by atoms with Gasteiger partial charge in [0.15, 0.2) is 5.78 Å². The Balaban J connectivity index is 1.99. The van der Waals surface area contributed by atoms with Gasteiger partial charge in [0.05, 0.1) is 11.9 Å². The topological polar surface area (TPSA) is 47.8 Å². The van der Waals surface area contributed by atoms with Gasteiger partial charge in [-0.05, 0) is 18.2 Å². The van der Waals surface area contributed by atoms with Gasteiger partial charge in [-0.1, -0.05) is 27.2 Å². The van der Waals surface area contributed by atoms with Crippen LogP contribution in [0.25, 0.3) is 0 Å². The monoisotopic (exact) mass is 311 g/mol. The number of benzene rings is 1. The molecule has 0 saturated carbocycles. The van der Waals surface area contributed by atoms with Crippen molar-refractivity contribution in [2.45, 2.75) is 4.90 Å². The highest BCUT2D eigenvalue weighted by atomic mass is 79.9. The van der Waals surface area contributed by atoms with Crippen molar-refractivity contribution in [3.05, 3.63) is 40.6 Å². The van der Waals surface area contributed by atoms with E-state index in [0.717, 1.165) is 9.37 Å². The van der Waals surface area contributed by atoms with Crippen molar-refractivity contribution >= 4 is 33.5 Å². The largest absolute Gasteiger partial charge is 0.291 e. The van der Waals surface area contributed by atoms with Gasteiger partial charge in [-0.3, -0.25) is 4.79 Å². The van der Waals surface area contributed by atoms with Crippen molar-refractivity contribution in [1.82, 2.24) is 15.0 Å². The van der Waals surface area contributed by atoms with Crippen LogP contribution in [0, 0.1) is 0 Å². The van der Waals surface area contributed by atoms with Gasteiger partial charge in [0, 0.05) is 16.4 Å². The summed E-state index contributed by atoms with van der Waals surface area (Å²) >= 11 is 4.90. The number of aryl methyl sites for hydroxylation is 1. The number of rotatable bonds is 4. The third-order valence-corrected chi connectivity index (χ3v) is 3.65. The summed E-state index contributed by atoms with van der Waals surface area (Å²) in [5.74, 6) is 0.417. The predicted molar refractivity (Wildman–Crippen MR) is 70.2 cm³/mol. The van der Waals surface area contributed by atoms with Crippen molar-refractivity contribution in [3.63, 3.8) is 0 Å². The molecule has 0 aliphatic heterocycles. The Hall–Kier alpha value is -1.14. The summed E-state index contributed by atoms with van der Waals surface area (Å²) in [4.78, 5) is 12.9. The molecule has 0 saturated heterocycles. The second-order valence-electron chi connectivity index (χ2n) is 3.41. The normalized spacial score (nSPS) is 10.5. The lowest BCUT2D eigenvalue weighted by Gasteiger charge is -2.01. The molecule has 6 heteroatoms. The summed E-state index contributed by atoms with van der Waals surface area (Å²) in [7, 11) is 1.71. The Labute approximate surface area is 112 Å². The van der Waals surface area contributed by atoms with E-state index in [-0.39, 0.29) is 5.78 Å². The molecule has 0 amide bonds. The molecule has 0 fully saturated rings. The average Bonchev–Trinajstić information content (AvgIpc) is 2.72. The van der Waals surface area contributed by atoms with E-state index in [9.17, 15) is 4.79 Å². The van der Waals surface area contributed by atoms with Crippen LogP contribution in [0.4, 0.5) is 0 Å². The maximum absolute atomic E-state index is 11.9. The number of halogens is 1. The summed E-state index contributed by atoms with van der Waals surface area (Å²) in [5.41, 5.74) is 0.535. The highest BCUT2D eigenvalue weighted by Gasteiger charge is 2.11. The van der Waals surface area contributed by atoms with Crippen LogP contribution < -0.4 is 0 Å².